The van der Waals surface area contributed by atoms with Crippen molar-refractivity contribution in [2.45, 2.75) is 24.9 Å². The SMILES string of the molecule is Cl.Clc1cc(Br)cc2c1OC1(CCCNC1)C2. The Morgan fingerprint density at radius 1 is 1.41 bits per heavy atom. The molecule has 2 heterocycles. The maximum absolute atomic E-state index is 6.20. The molecule has 1 N–H and O–H groups in total. The first-order chi connectivity index (χ1) is 7.69. The maximum atomic E-state index is 6.20. The summed E-state index contributed by atoms with van der Waals surface area (Å²) >= 11 is 9.67. The molecule has 1 spiro atoms. The summed E-state index contributed by atoms with van der Waals surface area (Å²) in [6.07, 6.45) is 3.25. The molecule has 2 nitrogen and oxygen atoms in total. The monoisotopic (exact) mass is 337 g/mol. The summed E-state index contributed by atoms with van der Waals surface area (Å²) in [5, 5.41) is 4.12. The molecule has 2 aliphatic rings. The predicted molar refractivity (Wildman–Crippen MR) is 75.6 cm³/mol. The second-order valence-electron chi connectivity index (χ2n) is 4.62. The molecular weight excluding hydrogens is 325 g/mol. The van der Waals surface area contributed by atoms with Crippen molar-refractivity contribution in [3.05, 3.63) is 27.2 Å². The van der Waals surface area contributed by atoms with Gasteiger partial charge < -0.3 is 10.1 Å². The number of piperidine rings is 1. The maximum Gasteiger partial charge on any atom is 0.142 e. The molecule has 5 heteroatoms. The molecule has 0 aromatic heterocycles. The van der Waals surface area contributed by atoms with Crippen LogP contribution in [0.25, 0.3) is 0 Å². The normalized spacial score (nSPS) is 26.2. The van der Waals surface area contributed by atoms with Crippen LogP contribution in [0.5, 0.6) is 5.75 Å². The minimum atomic E-state index is -0.0506. The number of benzene rings is 1. The number of rotatable bonds is 0. The summed E-state index contributed by atoms with van der Waals surface area (Å²) in [6.45, 7) is 2.02. The van der Waals surface area contributed by atoms with Crippen LogP contribution in [0.3, 0.4) is 0 Å². The van der Waals surface area contributed by atoms with Gasteiger partial charge in [0, 0.05) is 23.0 Å². The Hall–Kier alpha value is 0.0400. The standard InChI is InChI=1S/C12H13BrClNO.ClH/c13-9-4-8-6-12(2-1-3-15-7-12)16-11(8)10(14)5-9;/h4-5,15H,1-3,6-7H2;1H. The van der Waals surface area contributed by atoms with E-state index in [1.54, 1.807) is 0 Å². The first-order valence-electron chi connectivity index (χ1n) is 5.56. The third-order valence-corrected chi connectivity index (χ3v) is 4.09. The van der Waals surface area contributed by atoms with Crippen molar-refractivity contribution in [1.29, 1.82) is 0 Å². The van der Waals surface area contributed by atoms with Crippen LogP contribution in [-0.2, 0) is 6.42 Å². The molecule has 0 aliphatic carbocycles. The van der Waals surface area contributed by atoms with E-state index in [2.05, 4.69) is 27.3 Å². The fourth-order valence-corrected chi connectivity index (χ4v) is 3.55. The number of hydrogen-bond donors (Lipinski definition) is 1. The largest absolute Gasteiger partial charge is 0.484 e. The highest BCUT2D eigenvalue weighted by atomic mass is 79.9. The van der Waals surface area contributed by atoms with Gasteiger partial charge >= 0.3 is 0 Å². The van der Waals surface area contributed by atoms with Crippen LogP contribution in [0.1, 0.15) is 18.4 Å². The summed E-state index contributed by atoms with van der Waals surface area (Å²) in [6, 6.07) is 4.01. The van der Waals surface area contributed by atoms with Crippen molar-refractivity contribution in [2.24, 2.45) is 0 Å². The van der Waals surface area contributed by atoms with Gasteiger partial charge in [-0.2, -0.15) is 0 Å². The lowest BCUT2D eigenvalue weighted by molar-refractivity contribution is 0.0661. The Labute approximate surface area is 121 Å². The summed E-state index contributed by atoms with van der Waals surface area (Å²) in [4.78, 5) is 0. The molecule has 0 saturated carbocycles. The van der Waals surface area contributed by atoms with Gasteiger partial charge in [-0.3, -0.25) is 0 Å². The molecule has 1 fully saturated rings. The van der Waals surface area contributed by atoms with Crippen LogP contribution in [0.15, 0.2) is 16.6 Å². The molecule has 0 amide bonds. The zero-order valence-electron chi connectivity index (χ0n) is 9.26. The smallest absolute Gasteiger partial charge is 0.142 e. The molecule has 1 aromatic carbocycles. The van der Waals surface area contributed by atoms with Crippen molar-refractivity contribution in [3.63, 3.8) is 0 Å². The average molecular weight is 339 g/mol. The van der Waals surface area contributed by atoms with Gasteiger partial charge in [0.15, 0.2) is 0 Å². The number of ether oxygens (including phenoxy) is 1. The van der Waals surface area contributed by atoms with Crippen LogP contribution in [-0.4, -0.2) is 18.7 Å². The van der Waals surface area contributed by atoms with Crippen molar-refractivity contribution < 1.29 is 4.74 Å². The quantitative estimate of drug-likeness (QED) is 0.780. The minimum absolute atomic E-state index is 0. The van der Waals surface area contributed by atoms with Crippen LogP contribution >= 0.6 is 39.9 Å². The first-order valence-corrected chi connectivity index (χ1v) is 6.73. The van der Waals surface area contributed by atoms with E-state index < -0.39 is 0 Å². The second kappa shape index (κ2) is 4.96. The first kappa shape index (κ1) is 13.5. The van der Waals surface area contributed by atoms with Crippen LogP contribution in [0, 0.1) is 0 Å². The highest BCUT2D eigenvalue weighted by Gasteiger charge is 2.41. The van der Waals surface area contributed by atoms with E-state index in [0.717, 1.165) is 36.2 Å². The lowest BCUT2D eigenvalue weighted by Gasteiger charge is -2.33. The number of halogens is 3. The topological polar surface area (TPSA) is 21.3 Å². The fourth-order valence-electron chi connectivity index (χ4n) is 2.64. The van der Waals surface area contributed by atoms with Gasteiger partial charge in [-0.25, -0.2) is 0 Å². The Morgan fingerprint density at radius 3 is 2.94 bits per heavy atom. The molecule has 1 saturated heterocycles. The third kappa shape index (κ3) is 2.43. The molecular formula is C12H14BrCl2NO. The highest BCUT2D eigenvalue weighted by molar-refractivity contribution is 9.10. The van der Waals surface area contributed by atoms with Gasteiger partial charge in [0.05, 0.1) is 5.02 Å². The minimum Gasteiger partial charge on any atom is -0.484 e. The highest BCUT2D eigenvalue weighted by Crippen LogP contribution is 2.44. The van der Waals surface area contributed by atoms with Crippen molar-refractivity contribution in [2.75, 3.05) is 13.1 Å². The molecule has 0 bridgehead atoms. The summed E-state index contributed by atoms with van der Waals surface area (Å²) in [5.41, 5.74) is 1.17. The van der Waals surface area contributed by atoms with Crippen LogP contribution in [0.4, 0.5) is 0 Å². The van der Waals surface area contributed by atoms with Gasteiger partial charge in [-0.15, -0.1) is 12.4 Å². The number of fused-ring (bicyclic) bond motifs is 1. The summed E-state index contributed by atoms with van der Waals surface area (Å²) < 4.78 is 7.13. The van der Waals surface area contributed by atoms with E-state index in [1.807, 2.05) is 6.07 Å². The van der Waals surface area contributed by atoms with Gasteiger partial charge in [0.2, 0.25) is 0 Å². The van der Waals surface area contributed by atoms with E-state index in [1.165, 1.54) is 12.0 Å². The molecule has 17 heavy (non-hydrogen) atoms. The van der Waals surface area contributed by atoms with Crippen LogP contribution < -0.4 is 10.1 Å². The fraction of sp³-hybridized carbons (Fsp3) is 0.500. The molecule has 1 unspecified atom stereocenters. The zero-order valence-corrected chi connectivity index (χ0v) is 12.4. The van der Waals surface area contributed by atoms with Gasteiger partial charge in [0.1, 0.15) is 11.4 Å². The molecule has 2 aliphatic heterocycles. The van der Waals surface area contributed by atoms with Gasteiger partial charge in [0.25, 0.3) is 0 Å². The van der Waals surface area contributed by atoms with E-state index in [-0.39, 0.29) is 18.0 Å². The van der Waals surface area contributed by atoms with Crippen molar-refractivity contribution in [3.8, 4) is 5.75 Å². The Bertz CT molecular complexity index is 433. The van der Waals surface area contributed by atoms with Crippen LogP contribution in [0.2, 0.25) is 5.02 Å². The van der Waals surface area contributed by atoms with E-state index in [9.17, 15) is 0 Å². The number of nitrogens with one attached hydrogen (secondary N) is 1. The lowest BCUT2D eigenvalue weighted by Crippen LogP contribution is -2.49. The zero-order chi connectivity index (χ0) is 11.2. The summed E-state index contributed by atoms with van der Waals surface area (Å²) in [7, 11) is 0. The molecule has 1 atom stereocenters. The molecule has 3 rings (SSSR count). The molecule has 0 radical (unpaired) electrons. The van der Waals surface area contributed by atoms with E-state index in [4.69, 9.17) is 16.3 Å². The van der Waals surface area contributed by atoms with Gasteiger partial charge in [-0.1, -0.05) is 27.5 Å². The molecule has 1 aromatic rings. The van der Waals surface area contributed by atoms with Gasteiger partial charge in [-0.05, 0) is 31.5 Å². The Morgan fingerprint density at radius 2 is 2.24 bits per heavy atom. The third-order valence-electron chi connectivity index (χ3n) is 3.35. The van der Waals surface area contributed by atoms with E-state index in [0.29, 0.717) is 5.02 Å². The van der Waals surface area contributed by atoms with Crippen molar-refractivity contribution >= 4 is 39.9 Å². The summed E-state index contributed by atoms with van der Waals surface area (Å²) in [5.74, 6) is 0.883. The predicted octanol–water partition coefficient (Wildman–Crippen LogP) is 3.58. The van der Waals surface area contributed by atoms with Crippen molar-refractivity contribution in [1.82, 2.24) is 5.32 Å². The Kier molecular flexibility index (Phi) is 3.93. The lowest BCUT2D eigenvalue weighted by atomic mass is 9.89. The second-order valence-corrected chi connectivity index (χ2v) is 5.94. The van der Waals surface area contributed by atoms with E-state index >= 15 is 0 Å². The number of hydrogen-bond acceptors (Lipinski definition) is 2. The Balaban J connectivity index is 0.00000108. The molecule has 94 valence electrons. The average Bonchev–Trinajstić information content (AvgIpc) is 2.57.